The summed E-state index contributed by atoms with van der Waals surface area (Å²) in [5.74, 6) is -2.72. The van der Waals surface area contributed by atoms with Crippen LogP contribution in [0.2, 0.25) is 0 Å². The summed E-state index contributed by atoms with van der Waals surface area (Å²) in [5.41, 5.74) is 1.32. The zero-order valence-corrected chi connectivity index (χ0v) is 11.2. The number of rotatable bonds is 4. The number of aromatic nitrogens is 2. The van der Waals surface area contributed by atoms with E-state index in [4.69, 9.17) is 0 Å². The van der Waals surface area contributed by atoms with Gasteiger partial charge in [-0.15, -0.1) is 0 Å². The lowest BCUT2D eigenvalue weighted by Crippen LogP contribution is -2.54. The molecule has 2 saturated heterocycles. The summed E-state index contributed by atoms with van der Waals surface area (Å²) in [5, 5.41) is 7.33. The molecule has 1 aromatic rings. The molecule has 1 N–H and O–H groups in total. The van der Waals surface area contributed by atoms with E-state index in [1.54, 1.807) is 6.20 Å². The normalized spacial score (nSPS) is 22.9. The maximum atomic E-state index is 13.1. The average molecular weight is 270 g/mol. The summed E-state index contributed by atoms with van der Waals surface area (Å²) >= 11 is 0. The average Bonchev–Trinajstić information content (AvgIpc) is 2.84. The van der Waals surface area contributed by atoms with E-state index in [0.29, 0.717) is 5.41 Å². The molecule has 1 aromatic heterocycles. The Labute approximate surface area is 111 Å². The molecule has 2 aliphatic heterocycles. The molecule has 0 bridgehead atoms. The van der Waals surface area contributed by atoms with E-state index in [9.17, 15) is 8.78 Å². The quantitative estimate of drug-likeness (QED) is 0.896. The van der Waals surface area contributed by atoms with Crippen LogP contribution in [0.3, 0.4) is 0 Å². The van der Waals surface area contributed by atoms with Crippen LogP contribution < -0.4 is 5.32 Å². The van der Waals surface area contributed by atoms with Crippen molar-refractivity contribution in [1.82, 2.24) is 20.0 Å². The predicted molar refractivity (Wildman–Crippen MR) is 68.0 cm³/mol. The Morgan fingerprint density at radius 3 is 2.84 bits per heavy atom. The summed E-state index contributed by atoms with van der Waals surface area (Å²) < 4.78 is 27.6. The van der Waals surface area contributed by atoms with E-state index in [1.807, 2.05) is 6.07 Å². The monoisotopic (exact) mass is 270 g/mol. The lowest BCUT2D eigenvalue weighted by atomic mass is 9.81. The van der Waals surface area contributed by atoms with Crippen LogP contribution in [-0.4, -0.2) is 46.8 Å². The summed E-state index contributed by atoms with van der Waals surface area (Å²) in [4.78, 5) is 2.35. The number of hydrogen-bond donors (Lipinski definition) is 1. The molecule has 0 aromatic carbocycles. The summed E-state index contributed by atoms with van der Waals surface area (Å²) in [7, 11) is 0. The van der Waals surface area contributed by atoms with Gasteiger partial charge in [0.05, 0.1) is 5.69 Å². The molecule has 0 atom stereocenters. The molecule has 3 rings (SSSR count). The molecule has 4 nitrogen and oxygen atoms in total. The third-order valence-electron chi connectivity index (χ3n) is 4.13. The molecule has 0 radical (unpaired) electrons. The van der Waals surface area contributed by atoms with Crippen molar-refractivity contribution in [2.75, 3.05) is 26.2 Å². The largest absolute Gasteiger partial charge is 0.315 e. The number of alkyl halides is 2. The fourth-order valence-electron chi connectivity index (χ4n) is 3.06. The van der Waals surface area contributed by atoms with Gasteiger partial charge in [0.1, 0.15) is 6.54 Å². The Hall–Kier alpha value is -1.01. The predicted octanol–water partition coefficient (Wildman–Crippen LogP) is 1.33. The smallest absolute Gasteiger partial charge is 0.264 e. The Morgan fingerprint density at radius 1 is 1.47 bits per heavy atom. The SMILES string of the molecule is CC(F)(F)Cn1nccc1CN1CCC2(CNC2)C1. The Kier molecular flexibility index (Phi) is 3.09. The van der Waals surface area contributed by atoms with Gasteiger partial charge < -0.3 is 5.32 Å². The first-order valence-electron chi connectivity index (χ1n) is 6.78. The second-order valence-corrected chi connectivity index (χ2v) is 6.11. The lowest BCUT2D eigenvalue weighted by molar-refractivity contribution is -0.000747. The first-order chi connectivity index (χ1) is 8.96. The molecule has 106 valence electrons. The molecule has 0 unspecified atom stereocenters. The van der Waals surface area contributed by atoms with Gasteiger partial charge >= 0.3 is 0 Å². The maximum Gasteiger partial charge on any atom is 0.264 e. The highest BCUT2D eigenvalue weighted by Crippen LogP contribution is 2.34. The molecule has 0 saturated carbocycles. The molecular formula is C13H20F2N4. The zero-order valence-electron chi connectivity index (χ0n) is 11.2. The van der Waals surface area contributed by atoms with Crippen molar-refractivity contribution in [1.29, 1.82) is 0 Å². The highest BCUT2D eigenvalue weighted by molar-refractivity contribution is 5.05. The molecule has 0 aliphatic carbocycles. The van der Waals surface area contributed by atoms with Crippen LogP contribution >= 0.6 is 0 Å². The van der Waals surface area contributed by atoms with Crippen LogP contribution in [0.15, 0.2) is 12.3 Å². The van der Waals surface area contributed by atoms with Gasteiger partial charge in [-0.25, -0.2) is 8.78 Å². The van der Waals surface area contributed by atoms with Crippen molar-refractivity contribution in [3.63, 3.8) is 0 Å². The minimum absolute atomic E-state index is 0.337. The standard InChI is InChI=1S/C13H20F2N4/c1-12(14,15)9-19-11(2-4-17-19)6-18-5-3-13(10-18)7-16-8-13/h2,4,16H,3,5-10H2,1H3. The number of likely N-dealkylation sites (tertiary alicyclic amines) is 1. The molecule has 19 heavy (non-hydrogen) atoms. The second-order valence-electron chi connectivity index (χ2n) is 6.11. The minimum atomic E-state index is -2.72. The van der Waals surface area contributed by atoms with Gasteiger partial charge in [0.2, 0.25) is 0 Å². The number of halogens is 2. The highest BCUT2D eigenvalue weighted by Gasteiger charge is 2.42. The third-order valence-corrected chi connectivity index (χ3v) is 4.13. The molecule has 2 fully saturated rings. The van der Waals surface area contributed by atoms with Gasteiger partial charge in [0.25, 0.3) is 5.92 Å². The molecule has 3 heterocycles. The highest BCUT2D eigenvalue weighted by atomic mass is 19.3. The first-order valence-corrected chi connectivity index (χ1v) is 6.78. The second kappa shape index (κ2) is 4.52. The molecule has 6 heteroatoms. The van der Waals surface area contributed by atoms with Crippen LogP contribution in [0.1, 0.15) is 19.0 Å². The summed E-state index contributed by atoms with van der Waals surface area (Å²) in [6, 6.07) is 1.84. The van der Waals surface area contributed by atoms with E-state index < -0.39 is 5.92 Å². The lowest BCUT2D eigenvalue weighted by Gasteiger charge is -2.39. The molecule has 2 aliphatic rings. The zero-order chi connectivity index (χ0) is 13.5. The maximum absolute atomic E-state index is 13.1. The van der Waals surface area contributed by atoms with Crippen LogP contribution in [0.5, 0.6) is 0 Å². The number of hydrogen-bond acceptors (Lipinski definition) is 3. The van der Waals surface area contributed by atoms with Crippen molar-refractivity contribution in [2.24, 2.45) is 5.41 Å². The topological polar surface area (TPSA) is 33.1 Å². The van der Waals surface area contributed by atoms with Crippen LogP contribution in [-0.2, 0) is 13.1 Å². The van der Waals surface area contributed by atoms with Gasteiger partial charge in [-0.3, -0.25) is 9.58 Å². The summed E-state index contributed by atoms with van der Waals surface area (Å²) in [6.45, 7) is 5.62. The van der Waals surface area contributed by atoms with Gasteiger partial charge in [-0.1, -0.05) is 0 Å². The van der Waals surface area contributed by atoms with Gasteiger partial charge in [-0.2, -0.15) is 5.10 Å². The first kappa shape index (κ1) is 13.0. The third kappa shape index (κ3) is 2.79. The Morgan fingerprint density at radius 2 is 2.26 bits per heavy atom. The van der Waals surface area contributed by atoms with E-state index in [1.165, 1.54) is 11.1 Å². The van der Waals surface area contributed by atoms with Crippen LogP contribution in [0.4, 0.5) is 8.78 Å². The van der Waals surface area contributed by atoms with E-state index in [-0.39, 0.29) is 6.54 Å². The number of nitrogens with one attached hydrogen (secondary N) is 1. The molecular weight excluding hydrogens is 250 g/mol. The van der Waals surface area contributed by atoms with Crippen molar-refractivity contribution in [2.45, 2.75) is 32.4 Å². The minimum Gasteiger partial charge on any atom is -0.315 e. The van der Waals surface area contributed by atoms with Crippen molar-refractivity contribution in [3.8, 4) is 0 Å². The molecule has 0 amide bonds. The van der Waals surface area contributed by atoms with Crippen molar-refractivity contribution in [3.05, 3.63) is 18.0 Å². The fraction of sp³-hybridized carbons (Fsp3) is 0.769. The number of nitrogens with zero attached hydrogens (tertiary/aromatic N) is 3. The van der Waals surface area contributed by atoms with E-state index in [2.05, 4.69) is 15.3 Å². The summed E-state index contributed by atoms with van der Waals surface area (Å²) in [6.07, 6.45) is 2.82. The van der Waals surface area contributed by atoms with Crippen molar-refractivity contribution < 1.29 is 8.78 Å². The van der Waals surface area contributed by atoms with Crippen LogP contribution in [0.25, 0.3) is 0 Å². The van der Waals surface area contributed by atoms with Crippen molar-refractivity contribution >= 4 is 0 Å². The van der Waals surface area contributed by atoms with Gasteiger partial charge in [0.15, 0.2) is 0 Å². The van der Waals surface area contributed by atoms with Crippen LogP contribution in [0, 0.1) is 5.41 Å². The van der Waals surface area contributed by atoms with Gasteiger partial charge in [0, 0.05) is 44.7 Å². The Balaban J connectivity index is 1.63. The van der Waals surface area contributed by atoms with E-state index >= 15 is 0 Å². The Bertz CT molecular complexity index is 448. The fourth-order valence-corrected chi connectivity index (χ4v) is 3.06. The van der Waals surface area contributed by atoms with Gasteiger partial charge in [-0.05, 0) is 19.0 Å². The van der Waals surface area contributed by atoms with E-state index in [0.717, 1.165) is 45.3 Å². The molecule has 1 spiro atoms.